The van der Waals surface area contributed by atoms with Crippen LogP contribution in [0.3, 0.4) is 0 Å². The largest absolute Gasteiger partial charge is 0.355 e. The molecule has 5 heteroatoms. The minimum Gasteiger partial charge on any atom is -0.355 e. The van der Waals surface area contributed by atoms with Crippen LogP contribution in [0, 0.1) is 0 Å². The van der Waals surface area contributed by atoms with E-state index in [2.05, 4.69) is 22.2 Å². The molecule has 2 aromatic rings. The van der Waals surface area contributed by atoms with Gasteiger partial charge in [-0.25, -0.2) is 4.98 Å². The molecule has 19 heavy (non-hydrogen) atoms. The van der Waals surface area contributed by atoms with Crippen molar-refractivity contribution in [3.8, 4) is 0 Å². The number of amides is 1. The lowest BCUT2D eigenvalue weighted by Crippen LogP contribution is -2.25. The number of hydrogen-bond acceptors (Lipinski definition) is 3. The average molecular weight is 277 g/mol. The van der Waals surface area contributed by atoms with Crippen molar-refractivity contribution in [3.05, 3.63) is 30.1 Å². The molecular formula is C14H19N3OS. The normalized spacial score (nSPS) is 12.5. The number of aromatic amines is 1. The predicted molar refractivity (Wildman–Crippen MR) is 80.3 cm³/mol. The van der Waals surface area contributed by atoms with Crippen molar-refractivity contribution in [2.75, 3.05) is 12.3 Å². The SMILES string of the molecule is CCCNC(=O)CSC(C)c1nc2ccccc2[nH]1. The van der Waals surface area contributed by atoms with Gasteiger partial charge in [-0.15, -0.1) is 11.8 Å². The Hall–Kier alpha value is -1.49. The Bertz CT molecular complexity index is 519. The molecular weight excluding hydrogens is 258 g/mol. The molecule has 1 atom stereocenters. The van der Waals surface area contributed by atoms with Crippen LogP contribution in [0.4, 0.5) is 0 Å². The highest BCUT2D eigenvalue weighted by molar-refractivity contribution is 8.00. The van der Waals surface area contributed by atoms with Crippen LogP contribution >= 0.6 is 11.8 Å². The van der Waals surface area contributed by atoms with Crippen LogP contribution < -0.4 is 5.32 Å². The number of rotatable bonds is 6. The van der Waals surface area contributed by atoms with Crippen LogP contribution in [-0.4, -0.2) is 28.2 Å². The Labute approximate surface area is 117 Å². The van der Waals surface area contributed by atoms with Crippen LogP contribution in [0.25, 0.3) is 11.0 Å². The van der Waals surface area contributed by atoms with E-state index >= 15 is 0 Å². The second kappa shape index (κ2) is 6.61. The summed E-state index contributed by atoms with van der Waals surface area (Å²) in [6.07, 6.45) is 0.968. The second-order valence-electron chi connectivity index (χ2n) is 4.44. The van der Waals surface area contributed by atoms with Gasteiger partial charge in [0, 0.05) is 6.54 Å². The molecule has 0 saturated heterocycles. The van der Waals surface area contributed by atoms with Crippen LogP contribution in [0.5, 0.6) is 0 Å². The van der Waals surface area contributed by atoms with Crippen molar-refractivity contribution in [2.24, 2.45) is 0 Å². The Kier molecular flexibility index (Phi) is 4.85. The van der Waals surface area contributed by atoms with Gasteiger partial charge in [-0.3, -0.25) is 4.79 Å². The molecule has 1 aromatic carbocycles. The van der Waals surface area contributed by atoms with Crippen LogP contribution in [0.1, 0.15) is 31.3 Å². The maximum absolute atomic E-state index is 11.5. The zero-order chi connectivity index (χ0) is 13.7. The van der Waals surface area contributed by atoms with Gasteiger partial charge in [-0.2, -0.15) is 0 Å². The molecule has 1 aromatic heterocycles. The molecule has 1 amide bonds. The zero-order valence-electron chi connectivity index (χ0n) is 11.3. The van der Waals surface area contributed by atoms with Crippen molar-refractivity contribution in [1.29, 1.82) is 0 Å². The fraction of sp³-hybridized carbons (Fsp3) is 0.429. The quantitative estimate of drug-likeness (QED) is 0.853. The standard InChI is InChI=1S/C14H19N3OS/c1-3-8-15-13(18)9-19-10(2)14-16-11-6-4-5-7-12(11)17-14/h4-7,10H,3,8-9H2,1-2H3,(H,15,18)(H,16,17). The van der Waals surface area contributed by atoms with E-state index in [1.165, 1.54) is 0 Å². The van der Waals surface area contributed by atoms with Gasteiger partial charge in [-0.1, -0.05) is 19.1 Å². The van der Waals surface area contributed by atoms with E-state index in [1.54, 1.807) is 11.8 Å². The smallest absolute Gasteiger partial charge is 0.230 e. The monoisotopic (exact) mass is 277 g/mol. The van der Waals surface area contributed by atoms with Crippen LogP contribution in [-0.2, 0) is 4.79 Å². The minimum atomic E-state index is 0.0924. The molecule has 0 aliphatic carbocycles. The topological polar surface area (TPSA) is 57.8 Å². The third-order valence-electron chi connectivity index (χ3n) is 2.83. The van der Waals surface area contributed by atoms with E-state index in [9.17, 15) is 4.79 Å². The van der Waals surface area contributed by atoms with Crippen molar-refractivity contribution >= 4 is 28.7 Å². The van der Waals surface area contributed by atoms with E-state index in [0.29, 0.717) is 5.75 Å². The molecule has 0 bridgehead atoms. The van der Waals surface area contributed by atoms with Gasteiger partial charge in [0.05, 0.1) is 22.0 Å². The summed E-state index contributed by atoms with van der Waals surface area (Å²) in [7, 11) is 0. The second-order valence-corrected chi connectivity index (χ2v) is 5.77. The van der Waals surface area contributed by atoms with Gasteiger partial charge >= 0.3 is 0 Å². The first-order valence-electron chi connectivity index (χ1n) is 6.53. The first kappa shape index (κ1) is 13.9. The molecule has 0 aliphatic heterocycles. The highest BCUT2D eigenvalue weighted by Gasteiger charge is 2.12. The zero-order valence-corrected chi connectivity index (χ0v) is 12.1. The number of imidazole rings is 1. The lowest BCUT2D eigenvalue weighted by molar-refractivity contribution is -0.118. The molecule has 0 radical (unpaired) electrons. The number of nitrogens with zero attached hydrogens (tertiary/aromatic N) is 1. The summed E-state index contributed by atoms with van der Waals surface area (Å²) in [4.78, 5) is 19.4. The van der Waals surface area contributed by atoms with Crippen molar-refractivity contribution < 1.29 is 4.79 Å². The highest BCUT2D eigenvalue weighted by atomic mass is 32.2. The van der Waals surface area contributed by atoms with Gasteiger partial charge in [0.1, 0.15) is 5.82 Å². The average Bonchev–Trinajstić information content (AvgIpc) is 2.86. The lowest BCUT2D eigenvalue weighted by atomic mass is 10.3. The van der Waals surface area contributed by atoms with Crippen molar-refractivity contribution in [2.45, 2.75) is 25.5 Å². The number of para-hydroxylation sites is 2. The number of benzene rings is 1. The molecule has 1 heterocycles. The highest BCUT2D eigenvalue weighted by Crippen LogP contribution is 2.27. The maximum atomic E-state index is 11.5. The lowest BCUT2D eigenvalue weighted by Gasteiger charge is -2.08. The van der Waals surface area contributed by atoms with Crippen molar-refractivity contribution in [1.82, 2.24) is 15.3 Å². The number of fused-ring (bicyclic) bond motifs is 1. The molecule has 2 rings (SSSR count). The number of thioether (sulfide) groups is 1. The van der Waals surface area contributed by atoms with Crippen LogP contribution in [0.15, 0.2) is 24.3 Å². The molecule has 0 saturated carbocycles. The third-order valence-corrected chi connectivity index (χ3v) is 3.98. The van der Waals surface area contributed by atoms with E-state index < -0.39 is 0 Å². The Morgan fingerprint density at radius 3 is 3.00 bits per heavy atom. The molecule has 4 nitrogen and oxygen atoms in total. The van der Waals surface area contributed by atoms with Gasteiger partial charge < -0.3 is 10.3 Å². The van der Waals surface area contributed by atoms with Gasteiger partial charge in [0.25, 0.3) is 0 Å². The van der Waals surface area contributed by atoms with Gasteiger partial charge in [0.15, 0.2) is 0 Å². The van der Waals surface area contributed by atoms with E-state index in [-0.39, 0.29) is 11.2 Å². The Morgan fingerprint density at radius 1 is 1.47 bits per heavy atom. The number of aromatic nitrogens is 2. The number of nitrogens with one attached hydrogen (secondary N) is 2. The molecule has 0 spiro atoms. The number of H-pyrrole nitrogens is 1. The fourth-order valence-electron chi connectivity index (χ4n) is 1.76. The van der Waals surface area contributed by atoms with E-state index in [0.717, 1.165) is 29.8 Å². The van der Waals surface area contributed by atoms with Gasteiger partial charge in [0.2, 0.25) is 5.91 Å². The molecule has 1 unspecified atom stereocenters. The Balaban J connectivity index is 1.92. The van der Waals surface area contributed by atoms with Crippen LogP contribution in [0.2, 0.25) is 0 Å². The molecule has 0 aliphatic rings. The molecule has 2 N–H and O–H groups in total. The minimum absolute atomic E-state index is 0.0924. The molecule has 0 fully saturated rings. The number of carbonyl (C=O) groups excluding carboxylic acids is 1. The number of carbonyl (C=O) groups is 1. The summed E-state index contributed by atoms with van der Waals surface area (Å²) < 4.78 is 0. The van der Waals surface area contributed by atoms with E-state index in [4.69, 9.17) is 0 Å². The van der Waals surface area contributed by atoms with E-state index in [1.807, 2.05) is 31.2 Å². The van der Waals surface area contributed by atoms with Gasteiger partial charge in [-0.05, 0) is 25.5 Å². The fourth-order valence-corrected chi connectivity index (χ4v) is 2.53. The summed E-state index contributed by atoms with van der Waals surface area (Å²) in [5, 5.41) is 3.06. The summed E-state index contributed by atoms with van der Waals surface area (Å²) in [5.74, 6) is 1.49. The molecule has 102 valence electrons. The third kappa shape index (κ3) is 3.73. The Morgan fingerprint density at radius 2 is 2.26 bits per heavy atom. The summed E-state index contributed by atoms with van der Waals surface area (Å²) in [6, 6.07) is 7.96. The number of hydrogen-bond donors (Lipinski definition) is 2. The first-order chi connectivity index (χ1) is 9.20. The summed E-state index contributed by atoms with van der Waals surface area (Å²) in [6.45, 7) is 4.86. The van der Waals surface area contributed by atoms with Crippen molar-refractivity contribution in [3.63, 3.8) is 0 Å². The summed E-state index contributed by atoms with van der Waals surface area (Å²) >= 11 is 1.60. The summed E-state index contributed by atoms with van der Waals surface area (Å²) in [5.41, 5.74) is 2.01. The predicted octanol–water partition coefficient (Wildman–Crippen LogP) is 2.88. The first-order valence-corrected chi connectivity index (χ1v) is 7.58. The maximum Gasteiger partial charge on any atom is 0.230 e.